The summed E-state index contributed by atoms with van der Waals surface area (Å²) in [7, 11) is 0. The molecule has 1 aromatic carbocycles. The molecule has 0 aromatic heterocycles. The molecular weight excluding hydrogens is 258 g/mol. The van der Waals surface area contributed by atoms with Gasteiger partial charge in [-0.1, -0.05) is 26.8 Å². The summed E-state index contributed by atoms with van der Waals surface area (Å²) in [5, 5.41) is 3.67. The van der Waals surface area contributed by atoms with Gasteiger partial charge >= 0.3 is 0 Å². The lowest BCUT2D eigenvalue weighted by atomic mass is 9.71. The highest BCUT2D eigenvalue weighted by Crippen LogP contribution is 2.38. The fourth-order valence-corrected chi connectivity index (χ4v) is 4.14. The number of hydrogen-bond acceptors (Lipinski definition) is 2. The van der Waals surface area contributed by atoms with Crippen LogP contribution < -0.4 is 10.1 Å². The normalized spacial score (nSPS) is 27.4. The van der Waals surface area contributed by atoms with Crippen LogP contribution in [0, 0.1) is 5.41 Å². The number of aryl methyl sites for hydroxylation is 2. The first kappa shape index (κ1) is 14.9. The molecule has 2 unspecified atom stereocenters. The Morgan fingerprint density at radius 1 is 1.19 bits per heavy atom. The van der Waals surface area contributed by atoms with Crippen molar-refractivity contribution < 1.29 is 4.74 Å². The largest absolute Gasteiger partial charge is 0.489 e. The lowest BCUT2D eigenvalue weighted by Gasteiger charge is -2.44. The second kappa shape index (κ2) is 6.00. The second-order valence-electron chi connectivity index (χ2n) is 7.36. The van der Waals surface area contributed by atoms with Crippen LogP contribution in [0.25, 0.3) is 0 Å². The van der Waals surface area contributed by atoms with Crippen LogP contribution in [0.2, 0.25) is 0 Å². The van der Waals surface area contributed by atoms with Crippen molar-refractivity contribution in [1.82, 2.24) is 5.32 Å². The molecule has 0 heterocycles. The number of nitrogens with one attached hydrogen (secondary N) is 1. The van der Waals surface area contributed by atoms with Gasteiger partial charge in [0.05, 0.1) is 0 Å². The fraction of sp³-hybridized carbons (Fsp3) is 0.684. The van der Waals surface area contributed by atoms with E-state index in [2.05, 4.69) is 44.3 Å². The lowest BCUT2D eigenvalue weighted by molar-refractivity contribution is 0.0372. The van der Waals surface area contributed by atoms with Crippen molar-refractivity contribution in [3.63, 3.8) is 0 Å². The quantitative estimate of drug-likeness (QED) is 0.900. The van der Waals surface area contributed by atoms with Gasteiger partial charge < -0.3 is 10.1 Å². The Morgan fingerprint density at radius 2 is 2.00 bits per heavy atom. The van der Waals surface area contributed by atoms with E-state index < -0.39 is 0 Å². The van der Waals surface area contributed by atoms with Gasteiger partial charge in [-0.05, 0) is 73.7 Å². The second-order valence-corrected chi connectivity index (χ2v) is 7.36. The SMILES string of the molecule is CCNC1C(Oc2ccc3c(c2)CCC3)CCCC1(C)C. The van der Waals surface area contributed by atoms with E-state index in [1.54, 1.807) is 0 Å². The number of hydrogen-bond donors (Lipinski definition) is 1. The third kappa shape index (κ3) is 3.11. The first-order valence-electron chi connectivity index (χ1n) is 8.62. The van der Waals surface area contributed by atoms with Crippen LogP contribution in [-0.2, 0) is 12.8 Å². The van der Waals surface area contributed by atoms with Crippen molar-refractivity contribution in [2.24, 2.45) is 5.41 Å². The molecule has 1 saturated carbocycles. The molecule has 0 amide bonds. The van der Waals surface area contributed by atoms with Gasteiger partial charge in [0, 0.05) is 6.04 Å². The summed E-state index contributed by atoms with van der Waals surface area (Å²) >= 11 is 0. The Bertz CT molecular complexity index is 494. The van der Waals surface area contributed by atoms with Crippen molar-refractivity contribution in [3.05, 3.63) is 29.3 Å². The molecule has 2 aliphatic carbocycles. The van der Waals surface area contributed by atoms with E-state index in [0.29, 0.717) is 17.6 Å². The molecule has 2 aliphatic rings. The Hall–Kier alpha value is -1.02. The van der Waals surface area contributed by atoms with E-state index >= 15 is 0 Å². The summed E-state index contributed by atoms with van der Waals surface area (Å²) in [5.74, 6) is 1.07. The molecule has 0 spiro atoms. The van der Waals surface area contributed by atoms with E-state index in [1.807, 2.05) is 0 Å². The minimum Gasteiger partial charge on any atom is -0.489 e. The molecule has 1 aromatic rings. The molecule has 21 heavy (non-hydrogen) atoms. The molecule has 1 N–H and O–H groups in total. The number of rotatable bonds is 4. The van der Waals surface area contributed by atoms with Crippen molar-refractivity contribution >= 4 is 0 Å². The predicted octanol–water partition coefficient (Wildman–Crippen LogP) is 4.11. The van der Waals surface area contributed by atoms with Crippen LogP contribution >= 0.6 is 0 Å². The number of benzene rings is 1. The van der Waals surface area contributed by atoms with Crippen molar-refractivity contribution in [1.29, 1.82) is 0 Å². The molecule has 3 rings (SSSR count). The highest BCUT2D eigenvalue weighted by Gasteiger charge is 2.39. The van der Waals surface area contributed by atoms with Crippen molar-refractivity contribution in [2.45, 2.75) is 71.4 Å². The lowest BCUT2D eigenvalue weighted by Crippen LogP contribution is -2.54. The maximum Gasteiger partial charge on any atom is 0.120 e. The van der Waals surface area contributed by atoms with Crippen LogP contribution in [0.3, 0.4) is 0 Å². The molecule has 2 atom stereocenters. The smallest absolute Gasteiger partial charge is 0.120 e. The van der Waals surface area contributed by atoms with Crippen LogP contribution in [0.4, 0.5) is 0 Å². The minimum atomic E-state index is 0.299. The number of ether oxygens (including phenoxy) is 1. The Morgan fingerprint density at radius 3 is 2.81 bits per heavy atom. The third-order valence-corrected chi connectivity index (χ3v) is 5.30. The van der Waals surface area contributed by atoms with Gasteiger partial charge in [0.1, 0.15) is 11.9 Å². The van der Waals surface area contributed by atoms with Gasteiger partial charge in [-0.25, -0.2) is 0 Å². The zero-order valence-electron chi connectivity index (χ0n) is 13.7. The summed E-state index contributed by atoms with van der Waals surface area (Å²) < 4.78 is 6.42. The van der Waals surface area contributed by atoms with Crippen LogP contribution in [-0.4, -0.2) is 18.7 Å². The molecule has 1 fully saturated rings. The molecule has 116 valence electrons. The van der Waals surface area contributed by atoms with E-state index in [1.165, 1.54) is 43.2 Å². The van der Waals surface area contributed by atoms with Gasteiger partial charge in [0.25, 0.3) is 0 Å². The zero-order chi connectivity index (χ0) is 14.9. The molecular formula is C19H29NO. The summed E-state index contributed by atoms with van der Waals surface area (Å²) in [6.45, 7) is 7.95. The van der Waals surface area contributed by atoms with E-state index in [0.717, 1.165) is 18.7 Å². The highest BCUT2D eigenvalue weighted by molar-refractivity contribution is 5.38. The predicted molar refractivity (Wildman–Crippen MR) is 88.0 cm³/mol. The van der Waals surface area contributed by atoms with Crippen molar-refractivity contribution in [2.75, 3.05) is 6.54 Å². The van der Waals surface area contributed by atoms with Crippen LogP contribution in [0.1, 0.15) is 57.6 Å². The van der Waals surface area contributed by atoms with E-state index in [9.17, 15) is 0 Å². The van der Waals surface area contributed by atoms with Crippen LogP contribution in [0.15, 0.2) is 18.2 Å². The van der Waals surface area contributed by atoms with Gasteiger partial charge in [-0.2, -0.15) is 0 Å². The first-order chi connectivity index (χ1) is 10.1. The number of likely N-dealkylation sites (N-methyl/N-ethyl adjacent to an activating group) is 1. The third-order valence-electron chi connectivity index (χ3n) is 5.30. The first-order valence-corrected chi connectivity index (χ1v) is 8.62. The Labute approximate surface area is 129 Å². The monoisotopic (exact) mass is 287 g/mol. The molecule has 2 heteroatoms. The van der Waals surface area contributed by atoms with Gasteiger partial charge in [0.15, 0.2) is 0 Å². The van der Waals surface area contributed by atoms with Crippen LogP contribution in [0.5, 0.6) is 5.75 Å². The summed E-state index contributed by atoms with van der Waals surface area (Å²) in [6.07, 6.45) is 7.78. The van der Waals surface area contributed by atoms with Gasteiger partial charge in [-0.3, -0.25) is 0 Å². The average Bonchev–Trinajstić information content (AvgIpc) is 2.90. The summed E-state index contributed by atoms with van der Waals surface area (Å²) in [5.41, 5.74) is 3.34. The molecule has 0 bridgehead atoms. The molecule has 2 nitrogen and oxygen atoms in total. The molecule has 0 aliphatic heterocycles. The zero-order valence-corrected chi connectivity index (χ0v) is 13.7. The fourth-order valence-electron chi connectivity index (χ4n) is 4.14. The molecule has 0 saturated heterocycles. The summed E-state index contributed by atoms with van der Waals surface area (Å²) in [6, 6.07) is 7.18. The molecule has 0 radical (unpaired) electrons. The van der Waals surface area contributed by atoms with E-state index in [-0.39, 0.29) is 0 Å². The number of fused-ring (bicyclic) bond motifs is 1. The van der Waals surface area contributed by atoms with Gasteiger partial charge in [-0.15, -0.1) is 0 Å². The maximum absolute atomic E-state index is 6.42. The Balaban J connectivity index is 1.75. The maximum atomic E-state index is 6.42. The topological polar surface area (TPSA) is 21.3 Å². The average molecular weight is 287 g/mol. The standard InChI is InChI=1S/C19H29NO/c1-4-20-18-17(9-6-12-19(18,2)3)21-16-11-10-14-7-5-8-15(14)13-16/h10-11,13,17-18,20H,4-9,12H2,1-3H3. The minimum absolute atomic E-state index is 0.299. The highest BCUT2D eigenvalue weighted by atomic mass is 16.5. The summed E-state index contributed by atoms with van der Waals surface area (Å²) in [4.78, 5) is 0. The van der Waals surface area contributed by atoms with Crippen molar-refractivity contribution in [3.8, 4) is 5.75 Å². The van der Waals surface area contributed by atoms with E-state index in [4.69, 9.17) is 4.74 Å². The Kier molecular flexibility index (Phi) is 4.26. The van der Waals surface area contributed by atoms with Gasteiger partial charge in [0.2, 0.25) is 0 Å².